The molecule has 0 radical (unpaired) electrons. The van der Waals surface area contributed by atoms with Gasteiger partial charge in [-0.25, -0.2) is 0 Å². The van der Waals surface area contributed by atoms with Crippen LogP contribution in [0.15, 0.2) is 0 Å². The smallest absolute Gasteiger partial charge is 0.239 e. The number of carbonyl (C=O) groups excluding carboxylic acids is 2. The molecule has 1 heterocycles. The number of rotatable bonds is 4. The predicted octanol–water partition coefficient (Wildman–Crippen LogP) is -0.252. The molecule has 2 amide bonds. The van der Waals surface area contributed by atoms with E-state index in [0.717, 1.165) is 6.42 Å². The van der Waals surface area contributed by atoms with Crippen LogP contribution in [0.25, 0.3) is 0 Å². The summed E-state index contributed by atoms with van der Waals surface area (Å²) in [5.41, 5.74) is 0. The first kappa shape index (κ1) is 10.6. The van der Waals surface area contributed by atoms with Crippen molar-refractivity contribution in [3.05, 3.63) is 0 Å². The molecule has 76 valence electrons. The predicted molar refractivity (Wildman–Crippen MR) is 52.3 cm³/mol. The number of amides is 2. The van der Waals surface area contributed by atoms with E-state index in [1.807, 2.05) is 0 Å². The van der Waals surface area contributed by atoms with E-state index in [0.29, 0.717) is 25.9 Å². The third kappa shape index (κ3) is 3.09. The molecule has 1 aliphatic rings. The highest BCUT2D eigenvalue weighted by Gasteiger charge is 2.21. The summed E-state index contributed by atoms with van der Waals surface area (Å²) in [4.78, 5) is 24.0. The second-order valence-corrected chi connectivity index (χ2v) is 3.22. The SMILES string of the molecule is C#CCCNC(=O)CN1CCCC1=O. The van der Waals surface area contributed by atoms with Crippen LogP contribution in [0.5, 0.6) is 0 Å². The second-order valence-electron chi connectivity index (χ2n) is 3.22. The van der Waals surface area contributed by atoms with Crippen molar-refractivity contribution in [3.8, 4) is 12.3 Å². The third-order valence-corrected chi connectivity index (χ3v) is 2.10. The first-order chi connectivity index (χ1) is 6.74. The van der Waals surface area contributed by atoms with Crippen LogP contribution < -0.4 is 5.32 Å². The molecule has 0 aromatic carbocycles. The summed E-state index contributed by atoms with van der Waals surface area (Å²) in [5.74, 6) is 2.37. The van der Waals surface area contributed by atoms with Gasteiger partial charge in [0.15, 0.2) is 0 Å². The molecule has 1 aliphatic heterocycles. The Morgan fingerprint density at radius 3 is 3.00 bits per heavy atom. The number of hydrogen-bond acceptors (Lipinski definition) is 2. The van der Waals surface area contributed by atoms with Gasteiger partial charge in [-0.15, -0.1) is 12.3 Å². The fraction of sp³-hybridized carbons (Fsp3) is 0.600. The van der Waals surface area contributed by atoms with Gasteiger partial charge in [-0.3, -0.25) is 9.59 Å². The Balaban J connectivity index is 2.20. The summed E-state index contributed by atoms with van der Waals surface area (Å²) in [7, 11) is 0. The third-order valence-electron chi connectivity index (χ3n) is 2.10. The van der Waals surface area contributed by atoms with Crippen LogP contribution in [-0.2, 0) is 9.59 Å². The molecule has 0 aromatic heterocycles. The summed E-state index contributed by atoms with van der Waals surface area (Å²) in [6, 6.07) is 0. The van der Waals surface area contributed by atoms with Gasteiger partial charge < -0.3 is 10.2 Å². The zero-order valence-corrected chi connectivity index (χ0v) is 8.08. The lowest BCUT2D eigenvalue weighted by molar-refractivity contribution is -0.133. The summed E-state index contributed by atoms with van der Waals surface area (Å²) in [5, 5.41) is 2.66. The van der Waals surface area contributed by atoms with Gasteiger partial charge in [0.05, 0.1) is 6.54 Å². The number of hydrogen-bond donors (Lipinski definition) is 1. The van der Waals surface area contributed by atoms with Crippen molar-refractivity contribution < 1.29 is 9.59 Å². The Hall–Kier alpha value is -1.50. The molecule has 0 unspecified atom stereocenters. The van der Waals surface area contributed by atoms with Crippen LogP contribution in [0.2, 0.25) is 0 Å². The lowest BCUT2D eigenvalue weighted by Crippen LogP contribution is -2.38. The van der Waals surface area contributed by atoms with E-state index in [9.17, 15) is 9.59 Å². The topological polar surface area (TPSA) is 49.4 Å². The van der Waals surface area contributed by atoms with Crippen molar-refractivity contribution in [1.29, 1.82) is 0 Å². The van der Waals surface area contributed by atoms with E-state index >= 15 is 0 Å². The molecular formula is C10H14N2O2. The first-order valence-electron chi connectivity index (χ1n) is 4.72. The van der Waals surface area contributed by atoms with Crippen LogP contribution in [0.1, 0.15) is 19.3 Å². The fourth-order valence-electron chi connectivity index (χ4n) is 1.37. The largest absolute Gasteiger partial charge is 0.354 e. The number of likely N-dealkylation sites (tertiary alicyclic amines) is 1. The number of nitrogens with one attached hydrogen (secondary N) is 1. The summed E-state index contributed by atoms with van der Waals surface area (Å²) >= 11 is 0. The quantitative estimate of drug-likeness (QED) is 0.495. The van der Waals surface area contributed by atoms with Gasteiger partial charge in [0.25, 0.3) is 0 Å². The van der Waals surface area contributed by atoms with Gasteiger partial charge in [-0.2, -0.15) is 0 Å². The van der Waals surface area contributed by atoms with Crippen LogP contribution in [-0.4, -0.2) is 36.3 Å². The maximum atomic E-state index is 11.2. The highest BCUT2D eigenvalue weighted by atomic mass is 16.2. The van der Waals surface area contributed by atoms with Gasteiger partial charge in [0.1, 0.15) is 0 Å². The molecular weight excluding hydrogens is 180 g/mol. The van der Waals surface area contributed by atoms with E-state index in [1.54, 1.807) is 4.90 Å². The molecule has 0 aromatic rings. The van der Waals surface area contributed by atoms with Gasteiger partial charge in [-0.05, 0) is 6.42 Å². The number of nitrogens with zero attached hydrogens (tertiary/aromatic N) is 1. The normalized spacial score (nSPS) is 15.4. The summed E-state index contributed by atoms with van der Waals surface area (Å²) in [6.07, 6.45) is 6.99. The molecule has 14 heavy (non-hydrogen) atoms. The average molecular weight is 194 g/mol. The zero-order chi connectivity index (χ0) is 10.4. The van der Waals surface area contributed by atoms with E-state index in [2.05, 4.69) is 11.2 Å². The Morgan fingerprint density at radius 2 is 2.43 bits per heavy atom. The van der Waals surface area contributed by atoms with Crippen molar-refractivity contribution in [2.75, 3.05) is 19.6 Å². The zero-order valence-electron chi connectivity index (χ0n) is 8.08. The van der Waals surface area contributed by atoms with Crippen molar-refractivity contribution in [3.63, 3.8) is 0 Å². The first-order valence-corrected chi connectivity index (χ1v) is 4.72. The highest BCUT2D eigenvalue weighted by molar-refractivity contribution is 5.85. The van der Waals surface area contributed by atoms with Crippen LogP contribution in [0.3, 0.4) is 0 Å². The molecule has 0 atom stereocenters. The van der Waals surface area contributed by atoms with Crippen LogP contribution in [0, 0.1) is 12.3 Å². The van der Waals surface area contributed by atoms with Crippen LogP contribution >= 0.6 is 0 Å². The molecule has 0 saturated carbocycles. The molecule has 0 aliphatic carbocycles. The molecule has 4 nitrogen and oxygen atoms in total. The monoisotopic (exact) mass is 194 g/mol. The molecule has 0 spiro atoms. The Labute approximate surface area is 83.6 Å². The number of carbonyl (C=O) groups is 2. The minimum atomic E-state index is -0.129. The van der Waals surface area contributed by atoms with E-state index < -0.39 is 0 Å². The van der Waals surface area contributed by atoms with Gasteiger partial charge in [0.2, 0.25) is 11.8 Å². The Kier molecular flexibility index (Phi) is 3.99. The minimum absolute atomic E-state index is 0.0668. The van der Waals surface area contributed by atoms with E-state index in [-0.39, 0.29) is 18.4 Å². The Morgan fingerprint density at radius 1 is 1.64 bits per heavy atom. The maximum Gasteiger partial charge on any atom is 0.239 e. The molecule has 1 fully saturated rings. The standard InChI is InChI=1S/C10H14N2O2/c1-2-3-6-11-9(13)8-12-7-4-5-10(12)14/h1H,3-8H2,(H,11,13). The minimum Gasteiger partial charge on any atom is -0.354 e. The second kappa shape index (κ2) is 5.28. The van der Waals surface area contributed by atoms with Crippen molar-refractivity contribution in [2.24, 2.45) is 0 Å². The van der Waals surface area contributed by atoms with E-state index in [1.165, 1.54) is 0 Å². The lowest BCUT2D eigenvalue weighted by Gasteiger charge is -2.14. The molecule has 1 N–H and O–H groups in total. The maximum absolute atomic E-state index is 11.2. The summed E-state index contributed by atoms with van der Waals surface area (Å²) < 4.78 is 0. The fourth-order valence-corrected chi connectivity index (χ4v) is 1.37. The number of terminal acetylenes is 1. The van der Waals surface area contributed by atoms with Gasteiger partial charge in [0, 0.05) is 25.9 Å². The summed E-state index contributed by atoms with van der Waals surface area (Å²) in [6.45, 7) is 1.35. The lowest BCUT2D eigenvalue weighted by atomic mass is 10.4. The van der Waals surface area contributed by atoms with E-state index in [4.69, 9.17) is 6.42 Å². The van der Waals surface area contributed by atoms with Crippen molar-refractivity contribution in [1.82, 2.24) is 10.2 Å². The average Bonchev–Trinajstić information content (AvgIpc) is 2.52. The highest BCUT2D eigenvalue weighted by Crippen LogP contribution is 2.08. The van der Waals surface area contributed by atoms with Gasteiger partial charge >= 0.3 is 0 Å². The molecule has 0 bridgehead atoms. The molecule has 1 saturated heterocycles. The van der Waals surface area contributed by atoms with Gasteiger partial charge in [-0.1, -0.05) is 0 Å². The molecule has 1 rings (SSSR count). The Bertz CT molecular complexity index is 268. The van der Waals surface area contributed by atoms with Crippen molar-refractivity contribution in [2.45, 2.75) is 19.3 Å². The van der Waals surface area contributed by atoms with Crippen molar-refractivity contribution >= 4 is 11.8 Å². The molecule has 4 heteroatoms. The van der Waals surface area contributed by atoms with Crippen LogP contribution in [0.4, 0.5) is 0 Å².